The zero-order valence-electron chi connectivity index (χ0n) is 13.1. The van der Waals surface area contributed by atoms with E-state index >= 15 is 0 Å². The summed E-state index contributed by atoms with van der Waals surface area (Å²) >= 11 is 1.81. The van der Waals surface area contributed by atoms with Gasteiger partial charge >= 0.3 is 0 Å². The highest BCUT2D eigenvalue weighted by molar-refractivity contribution is 7.10. The molecule has 0 radical (unpaired) electrons. The van der Waals surface area contributed by atoms with Gasteiger partial charge < -0.3 is 4.57 Å². The van der Waals surface area contributed by atoms with Crippen LogP contribution >= 0.6 is 11.3 Å². The number of aromatic nitrogens is 2. The van der Waals surface area contributed by atoms with Crippen molar-refractivity contribution < 1.29 is 0 Å². The van der Waals surface area contributed by atoms with E-state index in [1.165, 1.54) is 24.1 Å². The highest BCUT2D eigenvalue weighted by atomic mass is 32.1. The lowest BCUT2D eigenvalue weighted by molar-refractivity contribution is 0.329. The zero-order chi connectivity index (χ0) is 14.8. The van der Waals surface area contributed by atoms with Crippen molar-refractivity contribution in [1.82, 2.24) is 14.9 Å². The Morgan fingerprint density at radius 3 is 2.90 bits per heavy atom. The van der Waals surface area contributed by atoms with Gasteiger partial charge in [-0.25, -0.2) is 4.98 Å². The van der Waals surface area contributed by atoms with Gasteiger partial charge in [0, 0.05) is 30.4 Å². The second kappa shape index (κ2) is 6.32. The minimum absolute atomic E-state index is 0.216. The molecule has 1 fully saturated rings. The fraction of sp³-hybridized carbons (Fsp3) is 0.588. The van der Waals surface area contributed by atoms with Crippen molar-refractivity contribution in [2.45, 2.75) is 45.2 Å². The summed E-state index contributed by atoms with van der Waals surface area (Å²) in [6.07, 6.45) is 7.86. The number of hydrogen-bond acceptors (Lipinski definition) is 3. The van der Waals surface area contributed by atoms with Gasteiger partial charge in [0.05, 0.1) is 0 Å². The molecule has 2 heterocycles. The Kier molecular flexibility index (Phi) is 4.45. The number of imidazole rings is 1. The lowest BCUT2D eigenvalue weighted by atomic mass is 9.93. The Labute approximate surface area is 131 Å². The molecule has 114 valence electrons. The van der Waals surface area contributed by atoms with Crippen LogP contribution in [-0.2, 0) is 7.05 Å². The summed E-state index contributed by atoms with van der Waals surface area (Å²) in [5, 5.41) is 6.06. The number of hydrogen-bond donors (Lipinski definition) is 1. The molecule has 3 rings (SSSR count). The van der Waals surface area contributed by atoms with Crippen LogP contribution in [-0.4, -0.2) is 15.6 Å². The van der Waals surface area contributed by atoms with E-state index in [9.17, 15) is 0 Å². The van der Waals surface area contributed by atoms with Gasteiger partial charge in [-0.15, -0.1) is 11.3 Å². The van der Waals surface area contributed by atoms with E-state index in [1.807, 2.05) is 23.7 Å². The first kappa shape index (κ1) is 14.8. The zero-order valence-corrected chi connectivity index (χ0v) is 13.9. The van der Waals surface area contributed by atoms with Gasteiger partial charge in [0.25, 0.3) is 0 Å². The smallest absolute Gasteiger partial charge is 0.131 e. The maximum Gasteiger partial charge on any atom is 0.131 e. The third-order valence-corrected chi connectivity index (χ3v) is 6.01. The van der Waals surface area contributed by atoms with Gasteiger partial charge in [-0.1, -0.05) is 26.3 Å². The van der Waals surface area contributed by atoms with Crippen molar-refractivity contribution in [2.75, 3.05) is 0 Å². The monoisotopic (exact) mass is 303 g/mol. The molecule has 2 aromatic heterocycles. The summed E-state index contributed by atoms with van der Waals surface area (Å²) in [6.45, 7) is 4.72. The summed E-state index contributed by atoms with van der Waals surface area (Å²) in [6, 6.07) is 5.16. The molecule has 3 nitrogen and oxygen atoms in total. The quantitative estimate of drug-likeness (QED) is 0.905. The Hall–Kier alpha value is -1.13. The average molecular weight is 303 g/mol. The molecule has 1 N–H and O–H groups in total. The van der Waals surface area contributed by atoms with E-state index in [1.54, 1.807) is 0 Å². The maximum atomic E-state index is 4.59. The summed E-state index contributed by atoms with van der Waals surface area (Å²) in [4.78, 5) is 5.94. The molecule has 4 heteroatoms. The van der Waals surface area contributed by atoms with Crippen LogP contribution in [0.3, 0.4) is 0 Å². The number of aryl methyl sites for hydroxylation is 1. The molecular formula is C17H25N3S. The minimum atomic E-state index is 0.216. The molecule has 0 aromatic carbocycles. The number of rotatable bonds is 5. The molecule has 0 spiro atoms. The highest BCUT2D eigenvalue weighted by Gasteiger charge is 2.34. The van der Waals surface area contributed by atoms with Crippen LogP contribution in [0.4, 0.5) is 0 Å². The first-order valence-electron chi connectivity index (χ1n) is 7.97. The van der Waals surface area contributed by atoms with Crippen molar-refractivity contribution in [1.29, 1.82) is 0 Å². The second-order valence-corrected chi connectivity index (χ2v) is 7.20. The first-order chi connectivity index (χ1) is 10.2. The lowest BCUT2D eigenvalue weighted by Crippen LogP contribution is -2.37. The van der Waals surface area contributed by atoms with Gasteiger partial charge in [0.1, 0.15) is 11.9 Å². The maximum absolute atomic E-state index is 4.59. The summed E-state index contributed by atoms with van der Waals surface area (Å²) in [7, 11) is 2.08. The number of nitrogens with one attached hydrogen (secondary N) is 1. The van der Waals surface area contributed by atoms with E-state index in [0.29, 0.717) is 6.04 Å². The van der Waals surface area contributed by atoms with Gasteiger partial charge in [-0.3, -0.25) is 5.32 Å². The molecule has 1 saturated carbocycles. The molecule has 0 bridgehead atoms. The molecule has 4 unspecified atom stereocenters. The van der Waals surface area contributed by atoms with Crippen molar-refractivity contribution in [3.8, 4) is 0 Å². The van der Waals surface area contributed by atoms with Crippen LogP contribution in [0.1, 0.15) is 49.9 Å². The molecule has 1 aliphatic carbocycles. The Morgan fingerprint density at radius 2 is 2.33 bits per heavy atom. The average Bonchev–Trinajstić information content (AvgIpc) is 3.19. The number of thiophene rings is 1. The third-order valence-electron chi connectivity index (χ3n) is 5.08. The van der Waals surface area contributed by atoms with Crippen LogP contribution < -0.4 is 5.32 Å². The molecule has 0 aliphatic heterocycles. The fourth-order valence-corrected chi connectivity index (χ4v) is 4.45. The topological polar surface area (TPSA) is 29.9 Å². The van der Waals surface area contributed by atoms with Crippen molar-refractivity contribution in [3.05, 3.63) is 40.6 Å². The van der Waals surface area contributed by atoms with Crippen molar-refractivity contribution >= 4 is 11.3 Å². The Bertz CT molecular complexity index is 560. The minimum Gasteiger partial charge on any atom is -0.336 e. The Morgan fingerprint density at radius 1 is 1.48 bits per heavy atom. The predicted octanol–water partition coefficient (Wildman–Crippen LogP) is 3.99. The van der Waals surface area contributed by atoms with Crippen LogP contribution in [0.2, 0.25) is 0 Å². The molecule has 4 atom stereocenters. The molecule has 1 aliphatic rings. The van der Waals surface area contributed by atoms with Crippen LogP contribution in [0, 0.1) is 11.8 Å². The first-order valence-corrected chi connectivity index (χ1v) is 8.85. The van der Waals surface area contributed by atoms with E-state index in [4.69, 9.17) is 0 Å². The van der Waals surface area contributed by atoms with Crippen LogP contribution in [0.15, 0.2) is 29.9 Å². The number of nitrogens with zero attached hydrogens (tertiary/aromatic N) is 2. The van der Waals surface area contributed by atoms with Crippen LogP contribution in [0.25, 0.3) is 0 Å². The van der Waals surface area contributed by atoms with Gasteiger partial charge in [0.15, 0.2) is 0 Å². The van der Waals surface area contributed by atoms with Gasteiger partial charge in [-0.05, 0) is 36.1 Å². The van der Waals surface area contributed by atoms with Crippen LogP contribution in [0.5, 0.6) is 0 Å². The van der Waals surface area contributed by atoms with E-state index in [0.717, 1.165) is 17.7 Å². The molecule has 0 amide bonds. The summed E-state index contributed by atoms with van der Waals surface area (Å²) in [5.41, 5.74) is 0. The van der Waals surface area contributed by atoms with E-state index in [-0.39, 0.29) is 6.04 Å². The summed E-state index contributed by atoms with van der Waals surface area (Å²) in [5.74, 6) is 2.73. The van der Waals surface area contributed by atoms with Crippen molar-refractivity contribution in [2.24, 2.45) is 18.9 Å². The fourth-order valence-electron chi connectivity index (χ4n) is 3.67. The molecule has 21 heavy (non-hydrogen) atoms. The van der Waals surface area contributed by atoms with Gasteiger partial charge in [0.2, 0.25) is 0 Å². The molecule has 0 saturated heterocycles. The largest absolute Gasteiger partial charge is 0.336 e. The molecular weight excluding hydrogens is 278 g/mol. The third kappa shape index (κ3) is 2.92. The molecule has 2 aromatic rings. The summed E-state index contributed by atoms with van der Waals surface area (Å²) < 4.78 is 2.13. The highest BCUT2D eigenvalue weighted by Crippen LogP contribution is 2.36. The van der Waals surface area contributed by atoms with Gasteiger partial charge in [-0.2, -0.15) is 0 Å². The lowest BCUT2D eigenvalue weighted by Gasteiger charge is -2.26. The van der Waals surface area contributed by atoms with E-state index in [2.05, 4.69) is 53.3 Å². The van der Waals surface area contributed by atoms with Crippen molar-refractivity contribution in [3.63, 3.8) is 0 Å². The standard InChI is InChI=1S/C17H25N3S/c1-4-13-7-8-14(12(13)2)19-16(15-6-5-11-21-15)17-18-9-10-20(17)3/h5-6,9-14,16,19H,4,7-8H2,1-3H3. The second-order valence-electron chi connectivity index (χ2n) is 6.22. The normalized spacial score (nSPS) is 27.1. The SMILES string of the molecule is CCC1CCC(NC(c2cccs2)c2nccn2C)C1C. The Balaban J connectivity index is 1.83. The van der Waals surface area contributed by atoms with E-state index < -0.39 is 0 Å². The predicted molar refractivity (Wildman–Crippen MR) is 88.5 cm³/mol.